The molecule has 0 bridgehead atoms. The van der Waals surface area contributed by atoms with Crippen LogP contribution in [0.2, 0.25) is 0 Å². The van der Waals surface area contributed by atoms with E-state index in [0.29, 0.717) is 17.0 Å². The first-order chi connectivity index (χ1) is 11.4. The second kappa shape index (κ2) is 8.16. The Hall–Kier alpha value is -2.80. The highest BCUT2D eigenvalue weighted by Gasteiger charge is 2.05. The lowest BCUT2D eigenvalue weighted by Crippen LogP contribution is -2.08. The van der Waals surface area contributed by atoms with Crippen molar-refractivity contribution in [3.8, 4) is 0 Å². The fourth-order valence-corrected chi connectivity index (χ4v) is 2.72. The van der Waals surface area contributed by atoms with E-state index < -0.39 is 15.7 Å². The van der Waals surface area contributed by atoms with Crippen molar-refractivity contribution in [3.63, 3.8) is 0 Å². The fraction of sp³-hybridized carbons (Fsp3) is 0.118. The minimum atomic E-state index is -0.954. The molecule has 1 N–H and O–H groups in total. The van der Waals surface area contributed by atoms with Crippen molar-refractivity contribution in [3.05, 3.63) is 75.8 Å². The van der Waals surface area contributed by atoms with E-state index in [4.69, 9.17) is 0 Å². The third-order valence-electron chi connectivity index (χ3n) is 3.07. The van der Waals surface area contributed by atoms with Gasteiger partial charge in [-0.2, -0.15) is 0 Å². The van der Waals surface area contributed by atoms with Crippen molar-refractivity contribution < 1.29 is 13.9 Å². The summed E-state index contributed by atoms with van der Waals surface area (Å²) in [5.41, 5.74) is 2.01. The van der Waals surface area contributed by atoms with Crippen LogP contribution in [0.3, 0.4) is 0 Å². The molecule has 0 radical (unpaired) electrons. The Morgan fingerprint density at radius 2 is 2.00 bits per heavy atom. The molecule has 0 aliphatic rings. The number of nitrogens with zero attached hydrogens (tertiary/aromatic N) is 1. The zero-order valence-corrected chi connectivity index (χ0v) is 13.8. The van der Waals surface area contributed by atoms with E-state index in [0.717, 1.165) is 5.56 Å². The predicted molar refractivity (Wildman–Crippen MR) is 95.0 cm³/mol. The molecule has 2 aromatic carbocycles. The summed E-state index contributed by atoms with van der Waals surface area (Å²) in [6.45, 7) is 0. The van der Waals surface area contributed by atoms with Gasteiger partial charge in [-0.3, -0.25) is 19.1 Å². The zero-order valence-electron chi connectivity index (χ0n) is 13.0. The third-order valence-corrected chi connectivity index (χ3v) is 3.81. The minimum Gasteiger partial charge on any atom is -0.323 e. The van der Waals surface area contributed by atoms with Gasteiger partial charge in [0, 0.05) is 46.7 Å². The Balaban J connectivity index is 2.04. The van der Waals surface area contributed by atoms with Crippen molar-refractivity contribution in [2.45, 2.75) is 5.75 Å². The topological polar surface area (TPSA) is 89.3 Å². The van der Waals surface area contributed by atoms with Gasteiger partial charge >= 0.3 is 0 Å². The van der Waals surface area contributed by atoms with Gasteiger partial charge in [0.15, 0.2) is 0 Å². The van der Waals surface area contributed by atoms with E-state index in [2.05, 4.69) is 5.32 Å². The molecule has 6 nitrogen and oxygen atoms in total. The van der Waals surface area contributed by atoms with Crippen LogP contribution in [-0.2, 0) is 21.3 Å². The number of anilines is 1. The molecule has 7 heteroatoms. The summed E-state index contributed by atoms with van der Waals surface area (Å²) < 4.78 is 11.2. The molecule has 24 heavy (non-hydrogen) atoms. The van der Waals surface area contributed by atoms with Gasteiger partial charge in [-0.25, -0.2) is 0 Å². The number of non-ortho nitro benzene ring substituents is 1. The first-order valence-corrected chi connectivity index (χ1v) is 8.79. The van der Waals surface area contributed by atoms with Crippen LogP contribution in [-0.4, -0.2) is 21.3 Å². The maximum absolute atomic E-state index is 11.9. The van der Waals surface area contributed by atoms with Gasteiger partial charge in [0.05, 0.1) is 4.92 Å². The molecule has 0 unspecified atom stereocenters. The summed E-state index contributed by atoms with van der Waals surface area (Å²) in [6.07, 6.45) is 4.43. The predicted octanol–water partition coefficient (Wildman–Crippen LogP) is 3.13. The summed E-state index contributed by atoms with van der Waals surface area (Å²) in [5, 5.41) is 13.4. The third kappa shape index (κ3) is 5.44. The number of carbonyl (C=O) groups is 1. The normalized spacial score (nSPS) is 12.0. The van der Waals surface area contributed by atoms with Gasteiger partial charge in [0.1, 0.15) is 0 Å². The van der Waals surface area contributed by atoms with Crippen molar-refractivity contribution in [2.24, 2.45) is 0 Å². The molecule has 0 saturated heterocycles. The Morgan fingerprint density at radius 1 is 1.25 bits per heavy atom. The lowest BCUT2D eigenvalue weighted by Gasteiger charge is -2.04. The molecule has 0 aliphatic heterocycles. The van der Waals surface area contributed by atoms with Crippen LogP contribution in [0, 0.1) is 10.1 Å². The van der Waals surface area contributed by atoms with Crippen LogP contribution in [0.1, 0.15) is 11.1 Å². The van der Waals surface area contributed by atoms with Crippen LogP contribution in [0.4, 0.5) is 11.4 Å². The summed E-state index contributed by atoms with van der Waals surface area (Å²) in [7, 11) is -0.954. The van der Waals surface area contributed by atoms with Crippen LogP contribution < -0.4 is 5.32 Å². The summed E-state index contributed by atoms with van der Waals surface area (Å²) in [6, 6.07) is 13.1. The average Bonchev–Trinajstić information content (AvgIpc) is 2.53. The van der Waals surface area contributed by atoms with Crippen LogP contribution in [0.5, 0.6) is 0 Å². The highest BCUT2D eigenvalue weighted by Crippen LogP contribution is 2.15. The van der Waals surface area contributed by atoms with Gasteiger partial charge in [-0.1, -0.05) is 24.3 Å². The van der Waals surface area contributed by atoms with Crippen LogP contribution in [0.15, 0.2) is 54.6 Å². The minimum absolute atomic E-state index is 0.0298. The summed E-state index contributed by atoms with van der Waals surface area (Å²) >= 11 is 0. The number of amides is 1. The highest BCUT2D eigenvalue weighted by atomic mass is 32.2. The van der Waals surface area contributed by atoms with Gasteiger partial charge < -0.3 is 5.32 Å². The van der Waals surface area contributed by atoms with Crippen LogP contribution in [0.25, 0.3) is 6.08 Å². The number of nitro groups is 1. The van der Waals surface area contributed by atoms with Crippen LogP contribution >= 0.6 is 0 Å². The Bertz CT molecular complexity index is 818. The first-order valence-electron chi connectivity index (χ1n) is 7.06. The lowest BCUT2D eigenvalue weighted by atomic mass is 10.2. The molecule has 1 amide bonds. The quantitative estimate of drug-likeness (QED) is 0.495. The number of hydrogen-bond acceptors (Lipinski definition) is 4. The van der Waals surface area contributed by atoms with E-state index in [-0.39, 0.29) is 11.6 Å². The molecule has 0 fully saturated rings. The van der Waals surface area contributed by atoms with E-state index in [9.17, 15) is 19.1 Å². The Labute approximate surface area is 141 Å². The first kappa shape index (κ1) is 17.6. The van der Waals surface area contributed by atoms with Crippen molar-refractivity contribution in [2.75, 3.05) is 11.6 Å². The molecule has 2 rings (SSSR count). The molecule has 0 heterocycles. The number of nitrogens with one attached hydrogen (secondary N) is 1. The molecule has 0 aromatic heterocycles. The van der Waals surface area contributed by atoms with Gasteiger partial charge in [-0.15, -0.1) is 0 Å². The molecular weight excluding hydrogens is 328 g/mol. The maximum Gasteiger partial charge on any atom is 0.270 e. The van der Waals surface area contributed by atoms with Crippen molar-refractivity contribution in [1.82, 2.24) is 0 Å². The van der Waals surface area contributed by atoms with E-state index in [1.807, 2.05) is 6.07 Å². The molecule has 124 valence electrons. The number of hydrogen-bond donors (Lipinski definition) is 1. The molecule has 0 spiro atoms. The van der Waals surface area contributed by atoms with E-state index >= 15 is 0 Å². The standard InChI is InChI=1S/C17H16N2O4S/c1-24(23)12-14-5-2-6-15(10-14)18-17(20)9-8-13-4-3-7-16(11-13)19(21)22/h2-11H,12H2,1H3,(H,18,20)/b9-8-/t24-/m0/s1. The highest BCUT2D eigenvalue weighted by molar-refractivity contribution is 7.83. The van der Waals surface area contributed by atoms with Gasteiger partial charge in [0.2, 0.25) is 5.91 Å². The smallest absolute Gasteiger partial charge is 0.270 e. The van der Waals surface area contributed by atoms with Gasteiger partial charge in [-0.05, 0) is 29.3 Å². The number of rotatable bonds is 6. The van der Waals surface area contributed by atoms with Gasteiger partial charge in [0.25, 0.3) is 5.69 Å². The van der Waals surface area contributed by atoms with Crippen molar-refractivity contribution in [1.29, 1.82) is 0 Å². The zero-order chi connectivity index (χ0) is 17.5. The SMILES string of the molecule is C[S@](=O)Cc1cccc(NC(=O)/C=C\c2cccc([N+](=O)[O-])c2)c1. The van der Waals surface area contributed by atoms with Crippen molar-refractivity contribution >= 4 is 34.2 Å². The van der Waals surface area contributed by atoms with E-state index in [1.54, 1.807) is 36.6 Å². The fourth-order valence-electron chi connectivity index (χ4n) is 2.07. The second-order valence-electron chi connectivity index (χ2n) is 5.09. The van der Waals surface area contributed by atoms with E-state index in [1.165, 1.54) is 24.3 Å². The Morgan fingerprint density at radius 3 is 2.71 bits per heavy atom. The average molecular weight is 344 g/mol. The second-order valence-corrected chi connectivity index (χ2v) is 6.53. The monoisotopic (exact) mass is 344 g/mol. The molecule has 0 saturated carbocycles. The maximum atomic E-state index is 11.9. The number of nitro benzene ring substituents is 1. The summed E-state index contributed by atoms with van der Waals surface area (Å²) in [4.78, 5) is 22.2. The molecular formula is C17H16N2O4S. The molecule has 0 aliphatic carbocycles. The molecule has 2 aromatic rings. The summed E-state index contributed by atoms with van der Waals surface area (Å²) in [5.74, 6) is 0.0732. The lowest BCUT2D eigenvalue weighted by molar-refractivity contribution is -0.384. The Kier molecular flexibility index (Phi) is 5.97. The number of carbonyl (C=O) groups excluding carboxylic acids is 1. The molecule has 1 atom stereocenters. The largest absolute Gasteiger partial charge is 0.323 e. The number of benzene rings is 2.